The molecule has 1 aliphatic rings. The van der Waals surface area contributed by atoms with E-state index in [0.29, 0.717) is 73.4 Å². The van der Waals surface area contributed by atoms with Gasteiger partial charge in [-0.3, -0.25) is 14.4 Å². The van der Waals surface area contributed by atoms with Crippen molar-refractivity contribution in [2.75, 3.05) is 20.2 Å². The van der Waals surface area contributed by atoms with Crippen molar-refractivity contribution in [2.45, 2.75) is 32.1 Å². The number of likely N-dealkylation sites (tertiary alicyclic amines) is 1. The van der Waals surface area contributed by atoms with E-state index in [0.717, 1.165) is 0 Å². The van der Waals surface area contributed by atoms with E-state index in [1.165, 1.54) is 7.11 Å². The van der Waals surface area contributed by atoms with E-state index in [-0.39, 0.29) is 23.2 Å². The molecule has 0 atom stereocenters. The molecule has 0 saturated carbocycles. The van der Waals surface area contributed by atoms with Gasteiger partial charge in [0, 0.05) is 49.7 Å². The van der Waals surface area contributed by atoms with E-state index >= 15 is 0 Å². The summed E-state index contributed by atoms with van der Waals surface area (Å²) in [5.74, 6) is 1.12. The minimum absolute atomic E-state index is 0.0681. The van der Waals surface area contributed by atoms with Gasteiger partial charge in [0.1, 0.15) is 5.82 Å². The summed E-state index contributed by atoms with van der Waals surface area (Å²) in [5.41, 5.74) is 1.08. The Hall–Kier alpha value is -3.55. The highest BCUT2D eigenvalue weighted by molar-refractivity contribution is 5.97. The summed E-state index contributed by atoms with van der Waals surface area (Å²) in [6, 6.07) is 10.6. The molecule has 166 valence electrons. The Labute approximate surface area is 185 Å². The summed E-state index contributed by atoms with van der Waals surface area (Å²) in [6.45, 7) is 1.15. The van der Waals surface area contributed by atoms with Crippen molar-refractivity contribution in [3.8, 4) is 5.88 Å². The number of Topliss-reactive ketones (excluding diaryl/α,β-unsaturated/α-hetero) is 1. The number of ketones is 1. The van der Waals surface area contributed by atoms with Crippen LogP contribution in [-0.2, 0) is 11.2 Å². The number of hydrogen-bond acceptors (Lipinski definition) is 6. The number of aryl methyl sites for hydroxylation is 1. The molecular weight excluding hydrogens is 408 g/mol. The van der Waals surface area contributed by atoms with Crippen molar-refractivity contribution < 1.29 is 14.3 Å². The maximum absolute atomic E-state index is 12.7. The third-order valence-electron chi connectivity index (χ3n) is 5.91. The Kier molecular flexibility index (Phi) is 6.58. The zero-order valence-electron chi connectivity index (χ0n) is 18.0. The van der Waals surface area contributed by atoms with Crippen molar-refractivity contribution >= 4 is 22.6 Å². The molecule has 0 spiro atoms. The standard InChI is InChI=1S/C24H26N4O4/c1-32-21-10-9-17(15-25-21)23(30)16-11-13-28(14-12-16)22(29)8-4-7-20-26-19-6-3-2-5-18(19)24(31)27-20/h2-3,5-6,9-10,15-16H,4,7-8,11-14H2,1H3,(H,26,27,31). The second-order valence-electron chi connectivity index (χ2n) is 7.99. The van der Waals surface area contributed by atoms with Crippen LogP contribution in [0.1, 0.15) is 41.9 Å². The van der Waals surface area contributed by atoms with Crippen molar-refractivity contribution in [2.24, 2.45) is 5.92 Å². The minimum Gasteiger partial charge on any atom is -0.481 e. The molecule has 1 aromatic carbocycles. The van der Waals surface area contributed by atoms with Gasteiger partial charge in [-0.2, -0.15) is 0 Å². The number of ether oxygens (including phenoxy) is 1. The van der Waals surface area contributed by atoms with Gasteiger partial charge in [0.2, 0.25) is 11.8 Å². The number of carbonyl (C=O) groups excluding carboxylic acids is 2. The van der Waals surface area contributed by atoms with Gasteiger partial charge in [0.15, 0.2) is 5.78 Å². The third kappa shape index (κ3) is 4.85. The molecule has 32 heavy (non-hydrogen) atoms. The monoisotopic (exact) mass is 434 g/mol. The Bertz CT molecular complexity index is 1160. The summed E-state index contributed by atoms with van der Waals surface area (Å²) < 4.78 is 5.03. The molecule has 1 fully saturated rings. The smallest absolute Gasteiger partial charge is 0.258 e. The molecule has 1 N–H and O–H groups in total. The number of amides is 1. The van der Waals surface area contributed by atoms with Crippen LogP contribution in [0, 0.1) is 5.92 Å². The molecule has 0 radical (unpaired) electrons. The molecule has 0 aliphatic carbocycles. The van der Waals surface area contributed by atoms with Crippen LogP contribution in [0.5, 0.6) is 5.88 Å². The lowest BCUT2D eigenvalue weighted by atomic mass is 9.89. The largest absolute Gasteiger partial charge is 0.481 e. The van der Waals surface area contributed by atoms with Gasteiger partial charge in [-0.1, -0.05) is 12.1 Å². The van der Waals surface area contributed by atoms with Gasteiger partial charge in [0.25, 0.3) is 5.56 Å². The first kappa shape index (κ1) is 21.7. The number of para-hydroxylation sites is 1. The van der Waals surface area contributed by atoms with Crippen LogP contribution in [0.4, 0.5) is 0 Å². The number of pyridine rings is 1. The fraction of sp³-hybridized carbons (Fsp3) is 0.375. The molecule has 0 unspecified atom stereocenters. The van der Waals surface area contributed by atoms with Crippen molar-refractivity contribution in [1.82, 2.24) is 19.9 Å². The van der Waals surface area contributed by atoms with E-state index in [9.17, 15) is 14.4 Å². The predicted octanol–water partition coefficient (Wildman–Crippen LogP) is 2.77. The van der Waals surface area contributed by atoms with E-state index in [4.69, 9.17) is 4.74 Å². The second kappa shape index (κ2) is 9.72. The molecule has 2 aromatic heterocycles. The first-order chi connectivity index (χ1) is 15.5. The van der Waals surface area contributed by atoms with Gasteiger partial charge in [-0.05, 0) is 37.5 Å². The quantitative estimate of drug-likeness (QED) is 0.573. The number of aromatic amines is 1. The number of hydrogen-bond donors (Lipinski definition) is 1. The molecule has 1 aliphatic heterocycles. The number of methoxy groups -OCH3 is 1. The molecule has 1 saturated heterocycles. The van der Waals surface area contributed by atoms with Crippen molar-refractivity contribution in [3.63, 3.8) is 0 Å². The topological polar surface area (TPSA) is 105 Å². The Morgan fingerprint density at radius 2 is 1.94 bits per heavy atom. The fourth-order valence-corrected chi connectivity index (χ4v) is 4.09. The lowest BCUT2D eigenvalue weighted by Gasteiger charge is -2.31. The summed E-state index contributed by atoms with van der Waals surface area (Å²) >= 11 is 0. The predicted molar refractivity (Wildman–Crippen MR) is 120 cm³/mol. The highest BCUT2D eigenvalue weighted by Crippen LogP contribution is 2.23. The van der Waals surface area contributed by atoms with Crippen LogP contribution in [0.15, 0.2) is 47.4 Å². The normalized spacial score (nSPS) is 14.5. The molecule has 0 bridgehead atoms. The summed E-state index contributed by atoms with van der Waals surface area (Å²) in [5, 5.41) is 0.565. The summed E-state index contributed by atoms with van der Waals surface area (Å²) in [4.78, 5) is 50.7. The van der Waals surface area contributed by atoms with E-state index in [2.05, 4.69) is 15.0 Å². The zero-order valence-corrected chi connectivity index (χ0v) is 18.0. The molecule has 4 rings (SSSR count). The number of rotatable bonds is 7. The van der Waals surface area contributed by atoms with Crippen LogP contribution in [-0.4, -0.2) is 51.7 Å². The Balaban J connectivity index is 1.25. The average molecular weight is 434 g/mol. The SMILES string of the molecule is COc1ccc(C(=O)C2CCN(C(=O)CCCc3nc4ccccc4c(=O)[nH]3)CC2)cn1. The number of carbonyl (C=O) groups is 2. The fourth-order valence-electron chi connectivity index (χ4n) is 4.09. The average Bonchev–Trinajstić information content (AvgIpc) is 2.84. The molecular formula is C24H26N4O4. The second-order valence-corrected chi connectivity index (χ2v) is 7.99. The van der Waals surface area contributed by atoms with Crippen LogP contribution in [0.2, 0.25) is 0 Å². The molecule has 8 nitrogen and oxygen atoms in total. The maximum atomic E-state index is 12.7. The van der Waals surface area contributed by atoms with Gasteiger partial charge in [-0.15, -0.1) is 0 Å². The number of benzene rings is 1. The molecule has 1 amide bonds. The summed E-state index contributed by atoms with van der Waals surface area (Å²) in [7, 11) is 1.54. The number of H-pyrrole nitrogens is 1. The molecule has 3 aromatic rings. The van der Waals surface area contributed by atoms with Crippen LogP contribution in [0.3, 0.4) is 0 Å². The maximum Gasteiger partial charge on any atom is 0.258 e. The van der Waals surface area contributed by atoms with Gasteiger partial charge in [-0.25, -0.2) is 9.97 Å². The first-order valence-electron chi connectivity index (χ1n) is 10.8. The minimum atomic E-state index is -0.157. The van der Waals surface area contributed by atoms with Crippen molar-refractivity contribution in [1.29, 1.82) is 0 Å². The first-order valence-corrected chi connectivity index (χ1v) is 10.8. The summed E-state index contributed by atoms with van der Waals surface area (Å²) in [6.07, 6.45) is 4.37. The van der Waals surface area contributed by atoms with Crippen LogP contribution in [0.25, 0.3) is 10.9 Å². The highest BCUT2D eigenvalue weighted by atomic mass is 16.5. The van der Waals surface area contributed by atoms with Crippen LogP contribution < -0.4 is 10.3 Å². The highest BCUT2D eigenvalue weighted by Gasteiger charge is 2.28. The Morgan fingerprint density at radius 3 is 2.66 bits per heavy atom. The van der Waals surface area contributed by atoms with Gasteiger partial charge in [0.05, 0.1) is 18.0 Å². The number of fused-ring (bicyclic) bond motifs is 1. The number of nitrogens with one attached hydrogen (secondary N) is 1. The van der Waals surface area contributed by atoms with Crippen LogP contribution >= 0.6 is 0 Å². The van der Waals surface area contributed by atoms with E-state index in [1.807, 2.05) is 23.1 Å². The van der Waals surface area contributed by atoms with Gasteiger partial charge >= 0.3 is 0 Å². The van der Waals surface area contributed by atoms with E-state index in [1.54, 1.807) is 24.4 Å². The van der Waals surface area contributed by atoms with E-state index < -0.39 is 0 Å². The Morgan fingerprint density at radius 1 is 1.16 bits per heavy atom. The third-order valence-corrected chi connectivity index (χ3v) is 5.91. The number of nitrogens with zero attached hydrogens (tertiary/aromatic N) is 3. The van der Waals surface area contributed by atoms with Gasteiger partial charge < -0.3 is 14.6 Å². The number of piperidine rings is 1. The van der Waals surface area contributed by atoms with Crippen molar-refractivity contribution in [3.05, 3.63) is 64.3 Å². The lowest BCUT2D eigenvalue weighted by Crippen LogP contribution is -2.40. The zero-order chi connectivity index (χ0) is 22.5. The molecule has 8 heteroatoms. The molecule has 3 heterocycles. The lowest BCUT2D eigenvalue weighted by molar-refractivity contribution is -0.132. The number of aromatic nitrogens is 3.